The summed E-state index contributed by atoms with van der Waals surface area (Å²) in [6.45, 7) is 6.41. The van der Waals surface area contributed by atoms with E-state index in [1.807, 2.05) is 12.1 Å². The van der Waals surface area contributed by atoms with E-state index in [-0.39, 0.29) is 5.56 Å². The number of piperazine rings is 1. The van der Waals surface area contributed by atoms with Crippen LogP contribution in [0.1, 0.15) is 29.6 Å². The summed E-state index contributed by atoms with van der Waals surface area (Å²) in [4.78, 5) is 9.15. The number of nitrogens with zero attached hydrogens (tertiary/aromatic N) is 4. The summed E-state index contributed by atoms with van der Waals surface area (Å²) in [5.74, 6) is -0.441. The van der Waals surface area contributed by atoms with Crippen LogP contribution in [0.25, 0.3) is 0 Å². The normalized spacial score (nSPS) is 15.5. The molecule has 0 saturated carbocycles. The minimum atomic E-state index is -0.441. The van der Waals surface area contributed by atoms with Crippen LogP contribution < -0.4 is 4.90 Å². The van der Waals surface area contributed by atoms with E-state index in [0.29, 0.717) is 5.69 Å². The molecule has 1 aliphatic heterocycles. The molecule has 24 heavy (non-hydrogen) atoms. The highest BCUT2D eigenvalue weighted by Crippen LogP contribution is 2.24. The number of thiazole rings is 1. The van der Waals surface area contributed by atoms with Gasteiger partial charge in [0.1, 0.15) is 17.4 Å². The summed E-state index contributed by atoms with van der Waals surface area (Å²) in [6.07, 6.45) is 2.18. The van der Waals surface area contributed by atoms with Crippen molar-refractivity contribution >= 4 is 17.0 Å². The first kappa shape index (κ1) is 16.9. The molecule has 1 aromatic carbocycles. The quantitative estimate of drug-likeness (QED) is 0.833. The van der Waals surface area contributed by atoms with Crippen molar-refractivity contribution < 1.29 is 4.39 Å². The standard InChI is InChI=1S/C18H21FN4S/c1-2-4-18-21-14(13-24-18)12-22-7-9-23(10-8-22)17-6-3-5-16(19)15(17)11-20/h3,5-6,13H,2,4,7-10,12H2,1H3. The molecule has 2 heterocycles. The third-order valence-corrected chi connectivity index (χ3v) is 5.22. The second kappa shape index (κ2) is 7.73. The molecule has 0 unspecified atom stereocenters. The van der Waals surface area contributed by atoms with E-state index in [1.54, 1.807) is 17.4 Å². The number of halogens is 1. The van der Waals surface area contributed by atoms with Gasteiger partial charge in [-0.3, -0.25) is 4.90 Å². The zero-order valence-electron chi connectivity index (χ0n) is 13.8. The first-order chi connectivity index (χ1) is 11.7. The van der Waals surface area contributed by atoms with Gasteiger partial charge in [0.25, 0.3) is 0 Å². The highest BCUT2D eigenvalue weighted by molar-refractivity contribution is 7.09. The molecule has 1 aliphatic rings. The third kappa shape index (κ3) is 3.74. The van der Waals surface area contributed by atoms with E-state index in [2.05, 4.69) is 27.1 Å². The molecule has 0 aliphatic carbocycles. The molecule has 2 aromatic rings. The summed E-state index contributed by atoms with van der Waals surface area (Å²) in [7, 11) is 0. The molecule has 0 spiro atoms. The second-order valence-corrected chi connectivity index (χ2v) is 6.93. The van der Waals surface area contributed by atoms with Gasteiger partial charge in [-0.05, 0) is 25.0 Å². The third-order valence-electron chi connectivity index (χ3n) is 4.27. The van der Waals surface area contributed by atoms with Gasteiger partial charge in [0.2, 0.25) is 0 Å². The van der Waals surface area contributed by atoms with Gasteiger partial charge in [0.15, 0.2) is 0 Å². The molecule has 1 aromatic heterocycles. The molecular weight excluding hydrogens is 323 g/mol. The summed E-state index contributed by atoms with van der Waals surface area (Å²) in [5, 5.41) is 12.6. The van der Waals surface area contributed by atoms with Crippen molar-refractivity contribution in [3.63, 3.8) is 0 Å². The number of benzene rings is 1. The van der Waals surface area contributed by atoms with E-state index >= 15 is 0 Å². The van der Waals surface area contributed by atoms with Crippen LogP contribution in [0.2, 0.25) is 0 Å². The van der Waals surface area contributed by atoms with Crippen molar-refractivity contribution in [1.29, 1.82) is 5.26 Å². The number of nitriles is 1. The largest absolute Gasteiger partial charge is 0.368 e. The van der Waals surface area contributed by atoms with Gasteiger partial charge in [-0.25, -0.2) is 9.37 Å². The molecule has 3 rings (SSSR count). The fourth-order valence-electron chi connectivity index (χ4n) is 3.01. The van der Waals surface area contributed by atoms with Gasteiger partial charge in [-0.15, -0.1) is 11.3 Å². The average Bonchev–Trinajstić information content (AvgIpc) is 3.03. The summed E-state index contributed by atoms with van der Waals surface area (Å²) >= 11 is 1.74. The summed E-state index contributed by atoms with van der Waals surface area (Å²) in [5.41, 5.74) is 1.99. The van der Waals surface area contributed by atoms with Crippen LogP contribution >= 0.6 is 11.3 Å². The monoisotopic (exact) mass is 344 g/mol. The van der Waals surface area contributed by atoms with Crippen LogP contribution in [0.4, 0.5) is 10.1 Å². The van der Waals surface area contributed by atoms with E-state index in [1.165, 1.54) is 11.1 Å². The van der Waals surface area contributed by atoms with Gasteiger partial charge in [0.05, 0.1) is 16.4 Å². The van der Waals surface area contributed by atoms with Crippen LogP contribution in [0.3, 0.4) is 0 Å². The van der Waals surface area contributed by atoms with Crippen molar-refractivity contribution in [3.05, 3.63) is 45.7 Å². The Bertz CT molecular complexity index is 729. The van der Waals surface area contributed by atoms with Crippen molar-refractivity contribution in [2.24, 2.45) is 0 Å². The Labute approximate surface area is 146 Å². The lowest BCUT2D eigenvalue weighted by molar-refractivity contribution is 0.247. The second-order valence-electron chi connectivity index (χ2n) is 5.99. The Kier molecular flexibility index (Phi) is 5.44. The SMILES string of the molecule is CCCc1nc(CN2CCN(c3cccc(F)c3C#N)CC2)cs1. The Morgan fingerprint density at radius 1 is 1.29 bits per heavy atom. The Morgan fingerprint density at radius 3 is 2.79 bits per heavy atom. The Balaban J connectivity index is 1.60. The predicted molar refractivity (Wildman–Crippen MR) is 94.7 cm³/mol. The smallest absolute Gasteiger partial charge is 0.143 e. The number of anilines is 1. The Hall–Kier alpha value is -1.97. The lowest BCUT2D eigenvalue weighted by Gasteiger charge is -2.36. The van der Waals surface area contributed by atoms with Crippen molar-refractivity contribution in [1.82, 2.24) is 9.88 Å². The van der Waals surface area contributed by atoms with Crippen molar-refractivity contribution in [3.8, 4) is 6.07 Å². The average molecular weight is 344 g/mol. The minimum Gasteiger partial charge on any atom is -0.368 e. The van der Waals surface area contributed by atoms with Crippen LogP contribution in [0.15, 0.2) is 23.6 Å². The Morgan fingerprint density at radius 2 is 2.08 bits per heavy atom. The molecular formula is C18H21FN4S. The maximum atomic E-state index is 13.8. The van der Waals surface area contributed by atoms with Crippen molar-refractivity contribution in [2.45, 2.75) is 26.3 Å². The lowest BCUT2D eigenvalue weighted by Crippen LogP contribution is -2.46. The van der Waals surface area contributed by atoms with Crippen LogP contribution in [-0.2, 0) is 13.0 Å². The van der Waals surface area contributed by atoms with Crippen molar-refractivity contribution in [2.75, 3.05) is 31.1 Å². The van der Waals surface area contributed by atoms with Crippen LogP contribution in [0.5, 0.6) is 0 Å². The van der Waals surface area contributed by atoms with Crippen LogP contribution in [0, 0.1) is 17.1 Å². The zero-order chi connectivity index (χ0) is 16.9. The topological polar surface area (TPSA) is 43.2 Å². The first-order valence-electron chi connectivity index (χ1n) is 8.30. The molecule has 0 amide bonds. The maximum absolute atomic E-state index is 13.8. The molecule has 1 saturated heterocycles. The lowest BCUT2D eigenvalue weighted by atomic mass is 10.1. The minimum absolute atomic E-state index is 0.148. The number of hydrogen-bond acceptors (Lipinski definition) is 5. The maximum Gasteiger partial charge on any atom is 0.143 e. The molecule has 126 valence electrons. The molecule has 0 N–H and O–H groups in total. The van der Waals surface area contributed by atoms with Gasteiger partial charge >= 0.3 is 0 Å². The first-order valence-corrected chi connectivity index (χ1v) is 9.18. The summed E-state index contributed by atoms with van der Waals surface area (Å²) < 4.78 is 13.8. The number of aromatic nitrogens is 1. The van der Waals surface area contributed by atoms with E-state index in [9.17, 15) is 9.65 Å². The molecule has 1 fully saturated rings. The fourth-order valence-corrected chi connectivity index (χ4v) is 3.90. The predicted octanol–water partition coefficient (Wildman–Crippen LogP) is 3.43. The molecule has 0 radical (unpaired) electrons. The molecule has 0 atom stereocenters. The van der Waals surface area contributed by atoms with Gasteiger partial charge in [0, 0.05) is 38.1 Å². The highest BCUT2D eigenvalue weighted by atomic mass is 32.1. The summed E-state index contributed by atoms with van der Waals surface area (Å²) in [6, 6.07) is 6.83. The van der Waals surface area contributed by atoms with E-state index < -0.39 is 5.82 Å². The molecule has 6 heteroatoms. The number of rotatable bonds is 5. The van der Waals surface area contributed by atoms with E-state index in [0.717, 1.165) is 51.3 Å². The molecule has 0 bridgehead atoms. The van der Waals surface area contributed by atoms with Crippen LogP contribution in [-0.4, -0.2) is 36.1 Å². The highest BCUT2D eigenvalue weighted by Gasteiger charge is 2.21. The van der Waals surface area contributed by atoms with Gasteiger partial charge in [-0.2, -0.15) is 5.26 Å². The van der Waals surface area contributed by atoms with E-state index in [4.69, 9.17) is 0 Å². The van der Waals surface area contributed by atoms with Gasteiger partial charge in [-0.1, -0.05) is 13.0 Å². The van der Waals surface area contributed by atoms with Gasteiger partial charge < -0.3 is 4.90 Å². The number of hydrogen-bond donors (Lipinski definition) is 0. The molecule has 4 nitrogen and oxygen atoms in total. The fraction of sp³-hybridized carbons (Fsp3) is 0.444. The zero-order valence-corrected chi connectivity index (χ0v) is 14.7. The number of aryl methyl sites for hydroxylation is 1.